The van der Waals surface area contributed by atoms with E-state index in [0.29, 0.717) is 5.82 Å². The van der Waals surface area contributed by atoms with Crippen molar-refractivity contribution in [3.05, 3.63) is 58.3 Å². The lowest BCUT2D eigenvalue weighted by Gasteiger charge is -1.98. The lowest BCUT2D eigenvalue weighted by Crippen LogP contribution is -1.95. The first-order valence-corrected chi connectivity index (χ1v) is 5.34. The molecule has 7 heteroatoms. The van der Waals surface area contributed by atoms with E-state index in [1.807, 2.05) is 0 Å². The SMILES string of the molecule is O=[N+]([O-])c1ccc(N/N=C\c2cccc(O)c2)nc1. The molecule has 0 aliphatic heterocycles. The molecular weight excluding hydrogens is 248 g/mol. The Labute approximate surface area is 108 Å². The number of nitro groups is 1. The number of nitrogens with zero attached hydrogens (tertiary/aromatic N) is 3. The number of pyridine rings is 1. The van der Waals surface area contributed by atoms with E-state index in [4.69, 9.17) is 0 Å². The van der Waals surface area contributed by atoms with E-state index in [1.165, 1.54) is 18.3 Å². The number of benzene rings is 1. The van der Waals surface area contributed by atoms with Crippen LogP contribution in [0.15, 0.2) is 47.7 Å². The maximum atomic E-state index is 10.4. The van der Waals surface area contributed by atoms with Crippen LogP contribution >= 0.6 is 0 Å². The second-order valence-electron chi connectivity index (χ2n) is 3.62. The van der Waals surface area contributed by atoms with Gasteiger partial charge in [0.2, 0.25) is 0 Å². The van der Waals surface area contributed by atoms with Crippen LogP contribution in [0.1, 0.15) is 5.56 Å². The fraction of sp³-hybridized carbons (Fsp3) is 0. The summed E-state index contributed by atoms with van der Waals surface area (Å²) >= 11 is 0. The van der Waals surface area contributed by atoms with E-state index in [0.717, 1.165) is 11.8 Å². The highest BCUT2D eigenvalue weighted by molar-refractivity contribution is 5.80. The largest absolute Gasteiger partial charge is 0.508 e. The topological polar surface area (TPSA) is 101 Å². The summed E-state index contributed by atoms with van der Waals surface area (Å²) in [6, 6.07) is 9.36. The third kappa shape index (κ3) is 3.50. The molecule has 0 unspecified atom stereocenters. The van der Waals surface area contributed by atoms with Gasteiger partial charge < -0.3 is 5.11 Å². The average molecular weight is 258 g/mol. The third-order valence-electron chi connectivity index (χ3n) is 2.22. The van der Waals surface area contributed by atoms with Gasteiger partial charge in [0.15, 0.2) is 0 Å². The van der Waals surface area contributed by atoms with Crippen molar-refractivity contribution in [3.8, 4) is 5.75 Å². The molecular formula is C12H10N4O3. The van der Waals surface area contributed by atoms with E-state index < -0.39 is 4.92 Å². The Morgan fingerprint density at radius 1 is 1.37 bits per heavy atom. The molecule has 2 rings (SSSR count). The van der Waals surface area contributed by atoms with E-state index in [1.54, 1.807) is 24.3 Å². The Balaban J connectivity index is 2.00. The molecule has 0 aliphatic carbocycles. The molecule has 19 heavy (non-hydrogen) atoms. The minimum atomic E-state index is -0.521. The quantitative estimate of drug-likeness (QED) is 0.497. The molecule has 0 bridgehead atoms. The molecule has 0 saturated heterocycles. The summed E-state index contributed by atoms with van der Waals surface area (Å²) in [5.74, 6) is 0.541. The number of anilines is 1. The molecule has 7 nitrogen and oxygen atoms in total. The molecule has 0 atom stereocenters. The number of aromatic hydroxyl groups is 1. The standard InChI is InChI=1S/C12H10N4O3/c17-11-3-1-2-9(6-11)7-14-15-12-5-4-10(8-13-12)16(18)19/h1-8,17H,(H,13,15)/b14-7-. The first kappa shape index (κ1) is 12.5. The van der Waals surface area contributed by atoms with Crippen LogP contribution < -0.4 is 5.43 Å². The molecule has 1 heterocycles. The number of phenols is 1. The Morgan fingerprint density at radius 3 is 2.84 bits per heavy atom. The summed E-state index contributed by atoms with van der Waals surface area (Å²) in [6.07, 6.45) is 2.65. The Hall–Kier alpha value is -2.96. The normalized spacial score (nSPS) is 10.5. The van der Waals surface area contributed by atoms with Gasteiger partial charge in [0.25, 0.3) is 5.69 Å². The van der Waals surface area contributed by atoms with Crippen LogP contribution in [-0.4, -0.2) is 21.2 Å². The van der Waals surface area contributed by atoms with Crippen LogP contribution in [0.3, 0.4) is 0 Å². The van der Waals surface area contributed by atoms with Crippen molar-refractivity contribution in [2.45, 2.75) is 0 Å². The molecule has 0 radical (unpaired) electrons. The molecule has 0 fully saturated rings. The zero-order valence-corrected chi connectivity index (χ0v) is 9.72. The third-order valence-corrected chi connectivity index (χ3v) is 2.22. The van der Waals surface area contributed by atoms with Gasteiger partial charge in [-0.3, -0.25) is 15.5 Å². The number of hydrazone groups is 1. The lowest BCUT2D eigenvalue weighted by molar-refractivity contribution is -0.385. The van der Waals surface area contributed by atoms with Crippen molar-refractivity contribution in [1.29, 1.82) is 0 Å². The maximum absolute atomic E-state index is 10.4. The Morgan fingerprint density at radius 2 is 2.21 bits per heavy atom. The van der Waals surface area contributed by atoms with Gasteiger partial charge in [-0.25, -0.2) is 4.98 Å². The average Bonchev–Trinajstić information content (AvgIpc) is 2.39. The van der Waals surface area contributed by atoms with Crippen molar-refractivity contribution >= 4 is 17.7 Å². The number of nitrogens with one attached hydrogen (secondary N) is 1. The summed E-state index contributed by atoms with van der Waals surface area (Å²) in [5.41, 5.74) is 3.27. The highest BCUT2D eigenvalue weighted by Crippen LogP contribution is 2.12. The van der Waals surface area contributed by atoms with E-state index >= 15 is 0 Å². The number of aromatic nitrogens is 1. The fourth-order valence-electron chi connectivity index (χ4n) is 1.34. The summed E-state index contributed by atoms with van der Waals surface area (Å²) in [6.45, 7) is 0. The monoisotopic (exact) mass is 258 g/mol. The predicted molar refractivity (Wildman–Crippen MR) is 70.2 cm³/mol. The van der Waals surface area contributed by atoms with Gasteiger partial charge in [0.05, 0.1) is 11.1 Å². The molecule has 2 N–H and O–H groups in total. The number of hydrogen-bond acceptors (Lipinski definition) is 6. The Kier molecular flexibility index (Phi) is 3.67. The predicted octanol–water partition coefficient (Wildman–Crippen LogP) is 2.14. The van der Waals surface area contributed by atoms with Crippen molar-refractivity contribution < 1.29 is 10.0 Å². The minimum absolute atomic E-state index is 0.0810. The van der Waals surface area contributed by atoms with Crippen molar-refractivity contribution in [2.75, 3.05) is 5.43 Å². The summed E-state index contributed by atoms with van der Waals surface area (Å²) in [7, 11) is 0. The summed E-state index contributed by atoms with van der Waals surface area (Å²) in [5, 5.41) is 23.6. The molecule has 0 aliphatic rings. The van der Waals surface area contributed by atoms with Gasteiger partial charge in [0, 0.05) is 6.07 Å². The number of phenolic OH excluding ortho intramolecular Hbond substituents is 1. The highest BCUT2D eigenvalue weighted by atomic mass is 16.6. The van der Waals surface area contributed by atoms with Crippen LogP contribution in [0.2, 0.25) is 0 Å². The summed E-state index contributed by atoms with van der Waals surface area (Å²) in [4.78, 5) is 13.7. The first-order chi connectivity index (χ1) is 9.15. The van der Waals surface area contributed by atoms with E-state index in [-0.39, 0.29) is 11.4 Å². The molecule has 0 amide bonds. The van der Waals surface area contributed by atoms with Crippen molar-refractivity contribution in [3.63, 3.8) is 0 Å². The smallest absolute Gasteiger partial charge is 0.287 e. The zero-order valence-electron chi connectivity index (χ0n) is 9.72. The number of rotatable bonds is 4. The van der Waals surface area contributed by atoms with E-state index in [9.17, 15) is 15.2 Å². The molecule has 1 aromatic carbocycles. The number of hydrogen-bond donors (Lipinski definition) is 2. The molecule has 0 saturated carbocycles. The van der Waals surface area contributed by atoms with Gasteiger partial charge in [-0.05, 0) is 23.8 Å². The van der Waals surface area contributed by atoms with Gasteiger partial charge >= 0.3 is 0 Å². The van der Waals surface area contributed by atoms with Crippen LogP contribution in [0.25, 0.3) is 0 Å². The van der Waals surface area contributed by atoms with Crippen LogP contribution in [-0.2, 0) is 0 Å². The van der Waals surface area contributed by atoms with Gasteiger partial charge in [0.1, 0.15) is 17.8 Å². The second-order valence-corrected chi connectivity index (χ2v) is 3.62. The molecule has 1 aromatic heterocycles. The zero-order chi connectivity index (χ0) is 13.7. The fourth-order valence-corrected chi connectivity index (χ4v) is 1.34. The molecule has 2 aromatic rings. The second kappa shape index (κ2) is 5.58. The highest BCUT2D eigenvalue weighted by Gasteiger charge is 2.04. The van der Waals surface area contributed by atoms with Crippen molar-refractivity contribution in [1.82, 2.24) is 4.98 Å². The van der Waals surface area contributed by atoms with Gasteiger partial charge in [-0.15, -0.1) is 0 Å². The minimum Gasteiger partial charge on any atom is -0.508 e. The first-order valence-electron chi connectivity index (χ1n) is 5.34. The lowest BCUT2D eigenvalue weighted by atomic mass is 10.2. The van der Waals surface area contributed by atoms with Gasteiger partial charge in [-0.2, -0.15) is 5.10 Å². The maximum Gasteiger partial charge on any atom is 0.287 e. The summed E-state index contributed by atoms with van der Waals surface area (Å²) < 4.78 is 0. The van der Waals surface area contributed by atoms with Crippen LogP contribution in [0, 0.1) is 10.1 Å². The van der Waals surface area contributed by atoms with E-state index in [2.05, 4.69) is 15.5 Å². The Bertz CT molecular complexity index is 611. The van der Waals surface area contributed by atoms with Crippen LogP contribution in [0.5, 0.6) is 5.75 Å². The van der Waals surface area contributed by atoms with Crippen molar-refractivity contribution in [2.24, 2.45) is 5.10 Å². The van der Waals surface area contributed by atoms with Gasteiger partial charge in [-0.1, -0.05) is 12.1 Å². The van der Waals surface area contributed by atoms with Crippen LogP contribution in [0.4, 0.5) is 11.5 Å². The molecule has 0 spiro atoms. The molecule has 96 valence electrons.